The second kappa shape index (κ2) is 7.46. The minimum Gasteiger partial charge on any atom is -0.338 e. The average molecular weight is 377 g/mol. The molecule has 8 heteroatoms. The number of carbonyl (C=O) groups excluding carboxylic acids is 1. The van der Waals surface area contributed by atoms with E-state index >= 15 is 0 Å². The molecule has 0 aliphatic carbocycles. The molecule has 0 fully saturated rings. The van der Waals surface area contributed by atoms with Gasteiger partial charge in [0.2, 0.25) is 5.28 Å². The molecule has 0 aliphatic rings. The number of para-hydroxylation sites is 1. The van der Waals surface area contributed by atoms with Crippen LogP contribution in [-0.4, -0.2) is 15.9 Å². The standard InChI is InChI=1S/C17H11Cl2FN4O/c18-12-3-1-2-4-14(12)23-16(25)10-5-7-11(8-6-10)22-15-13(20)9-21-17(19)24-15/h1-9H,(H,23,25)(H,21,22,24). The van der Waals surface area contributed by atoms with Crippen molar-refractivity contribution in [1.82, 2.24) is 9.97 Å². The van der Waals surface area contributed by atoms with Crippen LogP contribution >= 0.6 is 23.2 Å². The second-order valence-corrected chi connectivity index (χ2v) is 5.72. The van der Waals surface area contributed by atoms with E-state index in [-0.39, 0.29) is 17.0 Å². The molecule has 2 N–H and O–H groups in total. The molecule has 25 heavy (non-hydrogen) atoms. The molecule has 0 unspecified atom stereocenters. The molecule has 3 rings (SSSR count). The summed E-state index contributed by atoms with van der Waals surface area (Å²) in [6.07, 6.45) is 0.975. The van der Waals surface area contributed by atoms with E-state index in [9.17, 15) is 9.18 Å². The molecule has 1 heterocycles. The first-order chi connectivity index (χ1) is 12.0. The molecule has 0 saturated heterocycles. The highest BCUT2D eigenvalue weighted by atomic mass is 35.5. The number of rotatable bonds is 4. The van der Waals surface area contributed by atoms with Gasteiger partial charge in [-0.2, -0.15) is 4.98 Å². The van der Waals surface area contributed by atoms with E-state index in [1.807, 2.05) is 0 Å². The number of halogens is 3. The maximum Gasteiger partial charge on any atom is 0.255 e. The van der Waals surface area contributed by atoms with Crippen molar-refractivity contribution in [3.05, 3.63) is 76.4 Å². The van der Waals surface area contributed by atoms with Crippen LogP contribution in [0.1, 0.15) is 10.4 Å². The maximum atomic E-state index is 13.6. The van der Waals surface area contributed by atoms with Gasteiger partial charge in [-0.25, -0.2) is 9.37 Å². The van der Waals surface area contributed by atoms with Crippen LogP contribution in [0.25, 0.3) is 0 Å². The maximum absolute atomic E-state index is 13.6. The topological polar surface area (TPSA) is 66.9 Å². The quantitative estimate of drug-likeness (QED) is 0.634. The first-order valence-corrected chi connectivity index (χ1v) is 7.89. The van der Waals surface area contributed by atoms with Crippen molar-refractivity contribution in [3.63, 3.8) is 0 Å². The van der Waals surface area contributed by atoms with Crippen molar-refractivity contribution in [2.75, 3.05) is 10.6 Å². The molecule has 0 aliphatic heterocycles. The third-order valence-electron chi connectivity index (χ3n) is 3.25. The van der Waals surface area contributed by atoms with Gasteiger partial charge in [0.05, 0.1) is 16.9 Å². The second-order valence-electron chi connectivity index (χ2n) is 4.97. The molecule has 1 aromatic heterocycles. The van der Waals surface area contributed by atoms with Gasteiger partial charge >= 0.3 is 0 Å². The Morgan fingerprint density at radius 1 is 1.04 bits per heavy atom. The van der Waals surface area contributed by atoms with E-state index in [1.165, 1.54) is 0 Å². The Morgan fingerprint density at radius 2 is 1.76 bits per heavy atom. The van der Waals surface area contributed by atoms with E-state index in [2.05, 4.69) is 20.6 Å². The van der Waals surface area contributed by atoms with Crippen molar-refractivity contribution in [3.8, 4) is 0 Å². The molecule has 3 aromatic rings. The summed E-state index contributed by atoms with van der Waals surface area (Å²) in [6, 6.07) is 13.4. The fourth-order valence-corrected chi connectivity index (χ4v) is 2.35. The largest absolute Gasteiger partial charge is 0.338 e. The summed E-state index contributed by atoms with van der Waals surface area (Å²) in [5.74, 6) is -0.992. The van der Waals surface area contributed by atoms with E-state index in [1.54, 1.807) is 48.5 Å². The van der Waals surface area contributed by atoms with Crippen molar-refractivity contribution < 1.29 is 9.18 Å². The zero-order chi connectivity index (χ0) is 17.8. The van der Waals surface area contributed by atoms with Crippen LogP contribution in [0.15, 0.2) is 54.7 Å². The number of benzene rings is 2. The van der Waals surface area contributed by atoms with Gasteiger partial charge in [-0.05, 0) is 48.0 Å². The van der Waals surface area contributed by atoms with Crippen molar-refractivity contribution in [2.24, 2.45) is 0 Å². The van der Waals surface area contributed by atoms with Crippen LogP contribution in [-0.2, 0) is 0 Å². The summed E-state index contributed by atoms with van der Waals surface area (Å²) < 4.78 is 13.6. The summed E-state index contributed by atoms with van der Waals surface area (Å²) in [7, 11) is 0. The molecular formula is C17H11Cl2FN4O. The predicted molar refractivity (Wildman–Crippen MR) is 96.1 cm³/mol. The minimum absolute atomic E-state index is 0.0479. The minimum atomic E-state index is -0.634. The lowest BCUT2D eigenvalue weighted by Crippen LogP contribution is -2.12. The first kappa shape index (κ1) is 17.1. The Labute approximate surface area is 152 Å². The van der Waals surface area contributed by atoms with Crippen molar-refractivity contribution in [1.29, 1.82) is 0 Å². The molecule has 1 amide bonds. The summed E-state index contributed by atoms with van der Waals surface area (Å²) in [6.45, 7) is 0. The Morgan fingerprint density at radius 3 is 2.48 bits per heavy atom. The number of aromatic nitrogens is 2. The van der Waals surface area contributed by atoms with Gasteiger partial charge < -0.3 is 10.6 Å². The van der Waals surface area contributed by atoms with E-state index in [4.69, 9.17) is 23.2 Å². The van der Waals surface area contributed by atoms with Gasteiger partial charge in [0, 0.05) is 11.3 Å². The van der Waals surface area contributed by atoms with Crippen LogP contribution in [0.2, 0.25) is 10.3 Å². The van der Waals surface area contributed by atoms with Crippen LogP contribution in [0.5, 0.6) is 0 Å². The normalized spacial score (nSPS) is 10.4. The number of carbonyl (C=O) groups is 1. The summed E-state index contributed by atoms with van der Waals surface area (Å²) in [5, 5.41) is 5.88. The van der Waals surface area contributed by atoms with Gasteiger partial charge in [0.1, 0.15) is 0 Å². The Bertz CT molecular complexity index is 919. The number of nitrogens with one attached hydrogen (secondary N) is 2. The van der Waals surface area contributed by atoms with E-state index in [0.29, 0.717) is 22.0 Å². The van der Waals surface area contributed by atoms with Crippen LogP contribution in [0.4, 0.5) is 21.6 Å². The van der Waals surface area contributed by atoms with Crippen LogP contribution < -0.4 is 10.6 Å². The van der Waals surface area contributed by atoms with E-state index in [0.717, 1.165) is 6.20 Å². The zero-order valence-electron chi connectivity index (χ0n) is 12.6. The molecule has 0 radical (unpaired) electrons. The molecular weight excluding hydrogens is 366 g/mol. The number of hydrogen-bond acceptors (Lipinski definition) is 4. The Kier molecular flexibility index (Phi) is 5.11. The van der Waals surface area contributed by atoms with Gasteiger partial charge in [0.15, 0.2) is 11.6 Å². The molecule has 0 bridgehead atoms. The third kappa shape index (κ3) is 4.23. The van der Waals surface area contributed by atoms with Crippen molar-refractivity contribution in [2.45, 2.75) is 0 Å². The average Bonchev–Trinajstić information content (AvgIpc) is 2.61. The zero-order valence-corrected chi connectivity index (χ0v) is 14.1. The fourth-order valence-electron chi connectivity index (χ4n) is 2.03. The number of anilines is 3. The molecule has 0 saturated carbocycles. The highest BCUT2D eigenvalue weighted by Crippen LogP contribution is 2.22. The molecule has 0 atom stereocenters. The number of hydrogen-bond donors (Lipinski definition) is 2. The lowest BCUT2D eigenvalue weighted by atomic mass is 10.2. The lowest BCUT2D eigenvalue weighted by molar-refractivity contribution is 0.102. The highest BCUT2D eigenvalue weighted by Gasteiger charge is 2.10. The summed E-state index contributed by atoms with van der Waals surface area (Å²) in [4.78, 5) is 19.6. The van der Waals surface area contributed by atoms with Gasteiger partial charge in [0.25, 0.3) is 5.91 Å². The molecule has 5 nitrogen and oxygen atoms in total. The SMILES string of the molecule is O=C(Nc1ccccc1Cl)c1ccc(Nc2nc(Cl)ncc2F)cc1. The van der Waals surface area contributed by atoms with Gasteiger partial charge in [-0.15, -0.1) is 0 Å². The Balaban J connectivity index is 1.72. The van der Waals surface area contributed by atoms with Crippen molar-refractivity contribution >= 4 is 46.3 Å². The first-order valence-electron chi connectivity index (χ1n) is 7.14. The predicted octanol–water partition coefficient (Wildman–Crippen LogP) is 4.92. The highest BCUT2D eigenvalue weighted by molar-refractivity contribution is 6.33. The lowest BCUT2D eigenvalue weighted by Gasteiger charge is -2.09. The third-order valence-corrected chi connectivity index (χ3v) is 3.76. The summed E-state index contributed by atoms with van der Waals surface area (Å²) in [5.41, 5.74) is 1.49. The smallest absolute Gasteiger partial charge is 0.255 e. The van der Waals surface area contributed by atoms with Gasteiger partial charge in [-0.1, -0.05) is 23.7 Å². The van der Waals surface area contributed by atoms with Crippen LogP contribution in [0, 0.1) is 5.82 Å². The van der Waals surface area contributed by atoms with Crippen LogP contribution in [0.3, 0.4) is 0 Å². The molecule has 2 aromatic carbocycles. The van der Waals surface area contributed by atoms with E-state index < -0.39 is 5.82 Å². The number of nitrogens with zero attached hydrogens (tertiary/aromatic N) is 2. The fraction of sp³-hybridized carbons (Fsp3) is 0. The summed E-state index contributed by atoms with van der Waals surface area (Å²) >= 11 is 11.7. The van der Waals surface area contributed by atoms with Gasteiger partial charge in [-0.3, -0.25) is 4.79 Å². The monoisotopic (exact) mass is 376 g/mol. The number of amides is 1. The molecule has 126 valence electrons. The molecule has 0 spiro atoms. The Hall–Kier alpha value is -2.70.